The molecular weight excluding hydrogens is 430 g/mol. The summed E-state index contributed by atoms with van der Waals surface area (Å²) in [7, 11) is -2.37. The lowest BCUT2D eigenvalue weighted by Gasteiger charge is -2.13. The first kappa shape index (κ1) is 19.1. The summed E-state index contributed by atoms with van der Waals surface area (Å²) in [4.78, 5) is 12.9. The predicted octanol–water partition coefficient (Wildman–Crippen LogP) is 4.49. The summed E-state index contributed by atoms with van der Waals surface area (Å²) in [6, 6.07) is 19.6. The molecule has 0 saturated carbocycles. The Morgan fingerprint density at radius 2 is 1.63 bits per heavy atom. The van der Waals surface area contributed by atoms with Crippen molar-refractivity contribution in [1.29, 1.82) is 0 Å². The zero-order valence-electron chi connectivity index (χ0n) is 14.3. The second-order valence-corrected chi connectivity index (χ2v) is 8.26. The highest BCUT2D eigenvalue weighted by atomic mass is 79.9. The first-order chi connectivity index (χ1) is 12.9. The summed E-state index contributed by atoms with van der Waals surface area (Å²) in [6.45, 7) is 0. The van der Waals surface area contributed by atoms with Crippen LogP contribution in [0.3, 0.4) is 0 Å². The molecule has 7 heteroatoms. The molecule has 0 spiro atoms. The van der Waals surface area contributed by atoms with E-state index < -0.39 is 10.0 Å². The van der Waals surface area contributed by atoms with E-state index in [4.69, 9.17) is 4.74 Å². The Hall–Kier alpha value is -2.64. The lowest BCUT2D eigenvalue weighted by atomic mass is 10.0. The molecule has 0 fully saturated rings. The zero-order chi connectivity index (χ0) is 19.4. The fraction of sp³-hybridized carbons (Fsp3) is 0.0500. The predicted molar refractivity (Wildman–Crippen MR) is 108 cm³/mol. The standard InChI is InChI=1S/C20H16BrNO4S/c1-26-16-8-10-17(11-9-16)27(24,25)22-19-13-15(21)7-12-18(19)20(23)14-5-3-2-4-6-14/h2-13,22H,1H3. The van der Waals surface area contributed by atoms with Crippen LogP contribution in [0.15, 0.2) is 82.2 Å². The van der Waals surface area contributed by atoms with Crippen LogP contribution in [0, 0.1) is 0 Å². The molecular formula is C20H16BrNO4S. The Kier molecular flexibility index (Phi) is 5.62. The molecule has 0 radical (unpaired) electrons. The number of nitrogens with one attached hydrogen (secondary N) is 1. The first-order valence-corrected chi connectivity index (χ1v) is 10.2. The van der Waals surface area contributed by atoms with Crippen LogP contribution >= 0.6 is 15.9 Å². The molecule has 0 atom stereocenters. The Morgan fingerprint density at radius 1 is 0.963 bits per heavy atom. The number of carbonyl (C=O) groups excluding carboxylic acids is 1. The number of carbonyl (C=O) groups is 1. The molecule has 0 aliphatic carbocycles. The Bertz CT molecular complexity index is 1060. The van der Waals surface area contributed by atoms with Gasteiger partial charge in [0.1, 0.15) is 5.75 Å². The van der Waals surface area contributed by atoms with E-state index in [1.807, 2.05) is 6.07 Å². The normalized spacial score (nSPS) is 11.0. The van der Waals surface area contributed by atoms with Crippen LogP contribution in [0.1, 0.15) is 15.9 Å². The second kappa shape index (κ2) is 7.94. The van der Waals surface area contributed by atoms with E-state index >= 15 is 0 Å². The van der Waals surface area contributed by atoms with Gasteiger partial charge in [-0.15, -0.1) is 0 Å². The van der Waals surface area contributed by atoms with E-state index in [9.17, 15) is 13.2 Å². The van der Waals surface area contributed by atoms with Crippen molar-refractivity contribution in [3.8, 4) is 5.75 Å². The average Bonchev–Trinajstić information content (AvgIpc) is 2.68. The fourth-order valence-corrected chi connectivity index (χ4v) is 3.93. The molecule has 27 heavy (non-hydrogen) atoms. The minimum Gasteiger partial charge on any atom is -0.497 e. The highest BCUT2D eigenvalue weighted by molar-refractivity contribution is 9.10. The van der Waals surface area contributed by atoms with Gasteiger partial charge in [0.15, 0.2) is 5.78 Å². The van der Waals surface area contributed by atoms with Crippen LogP contribution in [0.5, 0.6) is 5.75 Å². The third-order valence-corrected chi connectivity index (χ3v) is 5.75. The van der Waals surface area contributed by atoms with E-state index in [0.717, 1.165) is 0 Å². The molecule has 0 saturated heterocycles. The smallest absolute Gasteiger partial charge is 0.261 e. The van der Waals surface area contributed by atoms with Crippen LogP contribution in [-0.4, -0.2) is 21.3 Å². The third kappa shape index (κ3) is 4.37. The molecule has 0 amide bonds. The van der Waals surface area contributed by atoms with E-state index in [0.29, 0.717) is 15.8 Å². The van der Waals surface area contributed by atoms with Crippen molar-refractivity contribution in [2.75, 3.05) is 11.8 Å². The molecule has 1 N–H and O–H groups in total. The van der Waals surface area contributed by atoms with Crippen molar-refractivity contribution < 1.29 is 17.9 Å². The average molecular weight is 446 g/mol. The molecule has 3 aromatic carbocycles. The third-order valence-electron chi connectivity index (χ3n) is 3.88. The van der Waals surface area contributed by atoms with Gasteiger partial charge in [-0.05, 0) is 42.5 Å². The number of anilines is 1. The van der Waals surface area contributed by atoms with Gasteiger partial charge in [0.25, 0.3) is 10.0 Å². The molecule has 5 nitrogen and oxygen atoms in total. The quantitative estimate of drug-likeness (QED) is 0.567. The maximum atomic E-state index is 12.8. The molecule has 0 aromatic heterocycles. The zero-order valence-corrected chi connectivity index (χ0v) is 16.7. The first-order valence-electron chi connectivity index (χ1n) is 7.97. The molecule has 0 aliphatic rings. The molecule has 3 rings (SSSR count). The molecule has 0 bridgehead atoms. The Labute approximate surface area is 166 Å². The number of sulfonamides is 1. The lowest BCUT2D eigenvalue weighted by molar-refractivity contribution is 0.103. The maximum Gasteiger partial charge on any atom is 0.261 e. The fourth-order valence-electron chi connectivity index (χ4n) is 2.50. The SMILES string of the molecule is COc1ccc(S(=O)(=O)Nc2cc(Br)ccc2C(=O)c2ccccc2)cc1. The molecule has 3 aromatic rings. The van der Waals surface area contributed by atoms with Gasteiger partial charge in [-0.25, -0.2) is 8.42 Å². The van der Waals surface area contributed by atoms with Crippen molar-refractivity contribution in [3.05, 3.63) is 88.4 Å². The van der Waals surface area contributed by atoms with Gasteiger partial charge in [-0.1, -0.05) is 46.3 Å². The summed E-state index contributed by atoms with van der Waals surface area (Å²) in [6.07, 6.45) is 0. The van der Waals surface area contributed by atoms with Crippen molar-refractivity contribution in [1.82, 2.24) is 0 Å². The van der Waals surface area contributed by atoms with Gasteiger partial charge in [-0.2, -0.15) is 0 Å². The van der Waals surface area contributed by atoms with Gasteiger partial charge in [0.2, 0.25) is 0 Å². The number of hydrogen-bond donors (Lipinski definition) is 1. The van der Waals surface area contributed by atoms with Crippen LogP contribution in [0.25, 0.3) is 0 Å². The number of methoxy groups -OCH3 is 1. The van der Waals surface area contributed by atoms with Gasteiger partial charge < -0.3 is 4.74 Å². The van der Waals surface area contributed by atoms with Crippen LogP contribution in [-0.2, 0) is 10.0 Å². The highest BCUT2D eigenvalue weighted by Crippen LogP contribution is 2.27. The second-order valence-electron chi connectivity index (χ2n) is 5.67. The number of halogens is 1. The summed E-state index contributed by atoms with van der Waals surface area (Å²) in [5.74, 6) is 0.284. The van der Waals surface area contributed by atoms with E-state index in [2.05, 4.69) is 20.7 Å². The van der Waals surface area contributed by atoms with E-state index in [1.165, 1.54) is 19.2 Å². The molecule has 0 aliphatic heterocycles. The van der Waals surface area contributed by atoms with Crippen LogP contribution in [0.2, 0.25) is 0 Å². The highest BCUT2D eigenvalue weighted by Gasteiger charge is 2.20. The number of ether oxygens (including phenoxy) is 1. The van der Waals surface area contributed by atoms with Crippen LogP contribution < -0.4 is 9.46 Å². The minimum absolute atomic E-state index is 0.0707. The lowest BCUT2D eigenvalue weighted by Crippen LogP contribution is -2.16. The monoisotopic (exact) mass is 445 g/mol. The van der Waals surface area contributed by atoms with Crippen molar-refractivity contribution in [2.24, 2.45) is 0 Å². The van der Waals surface area contributed by atoms with Crippen LogP contribution in [0.4, 0.5) is 5.69 Å². The van der Waals surface area contributed by atoms with E-state index in [-0.39, 0.29) is 21.9 Å². The topological polar surface area (TPSA) is 72.5 Å². The van der Waals surface area contributed by atoms with Gasteiger partial charge in [0, 0.05) is 15.6 Å². The maximum absolute atomic E-state index is 12.8. The number of ketones is 1. The minimum atomic E-state index is -3.87. The largest absolute Gasteiger partial charge is 0.497 e. The van der Waals surface area contributed by atoms with Gasteiger partial charge in [-0.3, -0.25) is 9.52 Å². The molecule has 0 heterocycles. The van der Waals surface area contributed by atoms with E-state index in [1.54, 1.807) is 54.6 Å². The molecule has 0 unspecified atom stereocenters. The van der Waals surface area contributed by atoms with Gasteiger partial charge >= 0.3 is 0 Å². The Morgan fingerprint density at radius 3 is 2.26 bits per heavy atom. The Balaban J connectivity index is 1.98. The van der Waals surface area contributed by atoms with Crippen molar-refractivity contribution >= 4 is 37.4 Å². The number of rotatable bonds is 6. The number of benzene rings is 3. The number of hydrogen-bond acceptors (Lipinski definition) is 4. The summed E-state index contributed by atoms with van der Waals surface area (Å²) in [5, 5.41) is 0. The van der Waals surface area contributed by atoms with Gasteiger partial charge in [0.05, 0.1) is 17.7 Å². The van der Waals surface area contributed by atoms with Crippen molar-refractivity contribution in [2.45, 2.75) is 4.90 Å². The molecule has 138 valence electrons. The summed E-state index contributed by atoms with van der Waals surface area (Å²) >= 11 is 3.32. The summed E-state index contributed by atoms with van der Waals surface area (Å²) < 4.78 is 33.7. The summed E-state index contributed by atoms with van der Waals surface area (Å²) in [5.41, 5.74) is 0.945. The van der Waals surface area contributed by atoms with Crippen molar-refractivity contribution in [3.63, 3.8) is 0 Å².